The van der Waals surface area contributed by atoms with Gasteiger partial charge in [0, 0.05) is 5.38 Å². The second-order valence-electron chi connectivity index (χ2n) is 3.60. The number of rotatable bonds is 5. The molecule has 0 bridgehead atoms. The number of thiophene rings is 1. The van der Waals surface area contributed by atoms with Gasteiger partial charge >= 0.3 is 5.97 Å². The van der Waals surface area contributed by atoms with Crippen LogP contribution in [0.25, 0.3) is 5.00 Å². The molecule has 3 aromatic heterocycles. The number of carbonyl (C=O) groups is 1. The van der Waals surface area contributed by atoms with E-state index < -0.39 is 5.97 Å². The summed E-state index contributed by atoms with van der Waals surface area (Å²) in [5.74, 6) is -0.893. The number of nitrogens with zero attached hydrogens (tertiary/aromatic N) is 5. The second-order valence-corrected chi connectivity index (χ2v) is 6.60. The molecular formula is C10H7N5O2S3. The van der Waals surface area contributed by atoms with E-state index in [1.54, 1.807) is 10.1 Å². The third-order valence-corrected chi connectivity index (χ3v) is 4.97. The third-order valence-electron chi connectivity index (χ3n) is 2.20. The lowest BCUT2D eigenvalue weighted by Crippen LogP contribution is -2.00. The molecule has 0 aliphatic heterocycles. The van der Waals surface area contributed by atoms with Crippen molar-refractivity contribution in [2.45, 2.75) is 15.9 Å². The van der Waals surface area contributed by atoms with Gasteiger partial charge in [0.25, 0.3) is 0 Å². The molecule has 0 saturated carbocycles. The number of hydrogen-bond acceptors (Lipinski definition) is 8. The smallest absolute Gasteiger partial charge is 0.309 e. The predicted octanol–water partition coefficient (Wildman–Crippen LogP) is 1.96. The van der Waals surface area contributed by atoms with Crippen molar-refractivity contribution in [2.24, 2.45) is 0 Å². The Morgan fingerprint density at radius 2 is 2.35 bits per heavy atom. The maximum absolute atomic E-state index is 10.6. The summed E-state index contributed by atoms with van der Waals surface area (Å²) in [7, 11) is 0. The molecule has 3 rings (SSSR count). The molecule has 10 heteroatoms. The van der Waals surface area contributed by atoms with E-state index in [1.807, 2.05) is 17.5 Å². The fourth-order valence-electron chi connectivity index (χ4n) is 1.42. The van der Waals surface area contributed by atoms with E-state index in [4.69, 9.17) is 5.11 Å². The summed E-state index contributed by atoms with van der Waals surface area (Å²) in [6.45, 7) is 0. The zero-order valence-electron chi connectivity index (χ0n) is 9.83. The molecule has 3 heterocycles. The fourth-order valence-corrected chi connectivity index (χ4v) is 3.88. The molecule has 0 unspecified atom stereocenters. The summed E-state index contributed by atoms with van der Waals surface area (Å²) in [6, 6.07) is 3.84. The second kappa shape index (κ2) is 5.69. The van der Waals surface area contributed by atoms with Gasteiger partial charge < -0.3 is 5.11 Å². The molecule has 0 amide bonds. The number of aliphatic carboxylic acids is 1. The van der Waals surface area contributed by atoms with E-state index in [1.165, 1.54) is 34.4 Å². The Morgan fingerprint density at radius 1 is 1.45 bits per heavy atom. The first-order valence-corrected chi connectivity index (χ1v) is 7.96. The van der Waals surface area contributed by atoms with E-state index in [0.29, 0.717) is 15.2 Å². The number of aromatic nitrogens is 5. The lowest BCUT2D eigenvalue weighted by Gasteiger charge is -1.98. The monoisotopic (exact) mass is 325 g/mol. The minimum absolute atomic E-state index is 0.0765. The number of hydrogen-bond donors (Lipinski definition) is 1. The summed E-state index contributed by atoms with van der Waals surface area (Å²) in [6.07, 6.45) is -0.0765. The molecule has 0 atom stereocenters. The minimum atomic E-state index is -0.893. The van der Waals surface area contributed by atoms with Gasteiger partial charge in [0.1, 0.15) is 5.00 Å². The van der Waals surface area contributed by atoms with Crippen molar-refractivity contribution in [2.75, 3.05) is 0 Å². The number of carboxylic acid groups (broad SMARTS) is 1. The topological polar surface area (TPSA) is 93.8 Å². The minimum Gasteiger partial charge on any atom is -0.481 e. The van der Waals surface area contributed by atoms with Crippen LogP contribution in [0.2, 0.25) is 0 Å². The van der Waals surface area contributed by atoms with Gasteiger partial charge in [-0.2, -0.15) is 4.68 Å². The highest BCUT2D eigenvalue weighted by molar-refractivity contribution is 8.00. The van der Waals surface area contributed by atoms with Gasteiger partial charge in [-0.05, 0) is 39.7 Å². The van der Waals surface area contributed by atoms with Crippen LogP contribution in [-0.2, 0) is 11.2 Å². The molecule has 0 aromatic carbocycles. The van der Waals surface area contributed by atoms with E-state index in [9.17, 15) is 4.79 Å². The van der Waals surface area contributed by atoms with Crippen molar-refractivity contribution in [3.05, 3.63) is 28.6 Å². The van der Waals surface area contributed by atoms with Crippen LogP contribution in [0.1, 0.15) is 5.69 Å². The highest BCUT2D eigenvalue weighted by Gasteiger charge is 2.14. The number of thiazole rings is 1. The summed E-state index contributed by atoms with van der Waals surface area (Å²) >= 11 is 4.23. The van der Waals surface area contributed by atoms with Crippen molar-refractivity contribution in [3.63, 3.8) is 0 Å². The summed E-state index contributed by atoms with van der Waals surface area (Å²) in [5.41, 5.74) is 0.542. The van der Waals surface area contributed by atoms with Crippen LogP contribution in [0.4, 0.5) is 0 Å². The molecule has 0 spiro atoms. The molecule has 0 radical (unpaired) electrons. The maximum atomic E-state index is 10.6. The molecule has 0 saturated heterocycles. The Morgan fingerprint density at radius 3 is 3.10 bits per heavy atom. The first-order valence-electron chi connectivity index (χ1n) is 5.38. The average Bonchev–Trinajstić information content (AvgIpc) is 3.10. The molecule has 7 nitrogen and oxygen atoms in total. The largest absolute Gasteiger partial charge is 0.481 e. The van der Waals surface area contributed by atoms with Gasteiger partial charge in [0.05, 0.1) is 12.1 Å². The zero-order chi connectivity index (χ0) is 13.9. The lowest BCUT2D eigenvalue weighted by atomic mass is 10.3. The van der Waals surface area contributed by atoms with Crippen LogP contribution in [0.15, 0.2) is 32.4 Å². The van der Waals surface area contributed by atoms with Crippen molar-refractivity contribution in [3.8, 4) is 5.00 Å². The van der Waals surface area contributed by atoms with E-state index >= 15 is 0 Å². The van der Waals surface area contributed by atoms with Gasteiger partial charge in [0.15, 0.2) is 4.34 Å². The number of carboxylic acids is 1. The highest BCUT2D eigenvalue weighted by atomic mass is 32.2. The normalized spacial score (nSPS) is 10.8. The standard InChI is InChI=1S/C10H7N5O2S3/c16-8(17)4-6-5-19-10(11-6)20-9-12-13-14-15(9)7-2-1-3-18-7/h1-3,5H,4H2,(H,16,17). The average molecular weight is 325 g/mol. The van der Waals surface area contributed by atoms with Crippen molar-refractivity contribution >= 4 is 40.4 Å². The van der Waals surface area contributed by atoms with Gasteiger partial charge in [-0.3, -0.25) is 4.79 Å². The molecular weight excluding hydrogens is 318 g/mol. The summed E-state index contributed by atoms with van der Waals surface area (Å²) in [5, 5.41) is 25.5. The quantitative estimate of drug-likeness (QED) is 0.766. The van der Waals surface area contributed by atoms with Gasteiger partial charge in [0.2, 0.25) is 5.16 Å². The Kier molecular flexibility index (Phi) is 3.76. The van der Waals surface area contributed by atoms with Crippen LogP contribution in [0, 0.1) is 0 Å². The van der Waals surface area contributed by atoms with Crippen LogP contribution in [0.5, 0.6) is 0 Å². The molecule has 0 aliphatic carbocycles. The number of tetrazole rings is 1. The van der Waals surface area contributed by atoms with Crippen molar-refractivity contribution in [1.82, 2.24) is 25.2 Å². The van der Waals surface area contributed by atoms with Crippen LogP contribution in [0.3, 0.4) is 0 Å². The van der Waals surface area contributed by atoms with E-state index in [0.717, 1.165) is 5.00 Å². The molecule has 20 heavy (non-hydrogen) atoms. The van der Waals surface area contributed by atoms with Crippen LogP contribution < -0.4 is 0 Å². The molecule has 3 aromatic rings. The van der Waals surface area contributed by atoms with Gasteiger partial charge in [-0.1, -0.05) is 0 Å². The Balaban J connectivity index is 1.80. The Labute approximate surface area is 125 Å². The van der Waals surface area contributed by atoms with Crippen molar-refractivity contribution in [1.29, 1.82) is 0 Å². The molecule has 0 aliphatic rings. The van der Waals surface area contributed by atoms with Crippen LogP contribution in [-0.4, -0.2) is 36.3 Å². The van der Waals surface area contributed by atoms with Gasteiger partial charge in [-0.25, -0.2) is 4.98 Å². The van der Waals surface area contributed by atoms with E-state index in [2.05, 4.69) is 20.5 Å². The molecule has 1 N–H and O–H groups in total. The van der Waals surface area contributed by atoms with E-state index in [-0.39, 0.29) is 6.42 Å². The summed E-state index contributed by atoms with van der Waals surface area (Å²) in [4.78, 5) is 14.9. The molecule has 102 valence electrons. The first-order chi connectivity index (χ1) is 9.72. The zero-order valence-corrected chi connectivity index (χ0v) is 12.3. The maximum Gasteiger partial charge on any atom is 0.309 e. The lowest BCUT2D eigenvalue weighted by molar-refractivity contribution is -0.136. The Hall–Kier alpha value is -1.78. The van der Waals surface area contributed by atoms with Crippen molar-refractivity contribution < 1.29 is 9.90 Å². The summed E-state index contributed by atoms with van der Waals surface area (Å²) < 4.78 is 2.35. The van der Waals surface area contributed by atoms with Gasteiger partial charge in [-0.15, -0.1) is 27.8 Å². The molecule has 0 fully saturated rings. The fraction of sp³-hybridized carbons (Fsp3) is 0.100. The third kappa shape index (κ3) is 2.86. The first kappa shape index (κ1) is 13.2. The predicted molar refractivity (Wildman–Crippen MR) is 74.6 cm³/mol. The Bertz CT molecular complexity index is 721. The van der Waals surface area contributed by atoms with Crippen LogP contribution >= 0.6 is 34.4 Å². The highest BCUT2D eigenvalue weighted by Crippen LogP contribution is 2.30. The SMILES string of the molecule is O=C(O)Cc1csc(Sc2nnnn2-c2cccs2)n1.